The van der Waals surface area contributed by atoms with E-state index in [1.54, 1.807) is 0 Å². The number of likely N-dealkylation sites (N-methyl/N-ethyl adjacent to an activating group) is 1. The molecule has 0 amide bonds. The molecule has 0 heterocycles. The minimum atomic E-state index is -0.673. The molecule has 4 nitrogen and oxygen atoms in total. The van der Waals surface area contributed by atoms with Gasteiger partial charge in [0.1, 0.15) is 0 Å². The number of hydrogen-bond donors (Lipinski definition) is 1. The lowest BCUT2D eigenvalue weighted by Gasteiger charge is -2.28. The smallest absolute Gasteiger partial charge is 0.0718 e. The molecule has 0 aliphatic heterocycles. The van der Waals surface area contributed by atoms with Gasteiger partial charge in [0.2, 0.25) is 0 Å². The van der Waals surface area contributed by atoms with E-state index in [4.69, 9.17) is 5.26 Å². The van der Waals surface area contributed by atoms with Crippen LogP contribution in [-0.2, 0) is 6.54 Å². The second-order valence-corrected chi connectivity index (χ2v) is 6.11. The third-order valence-corrected chi connectivity index (χ3v) is 3.40. The Labute approximate surface area is 128 Å². The predicted molar refractivity (Wildman–Crippen MR) is 87.2 cm³/mol. The average Bonchev–Trinajstić information content (AvgIpc) is 2.43. The van der Waals surface area contributed by atoms with Crippen molar-refractivity contribution in [3.05, 3.63) is 29.8 Å². The molecule has 0 spiro atoms. The largest absolute Gasteiger partial charge is 0.389 e. The fourth-order valence-corrected chi connectivity index (χ4v) is 2.29. The molecule has 0 bridgehead atoms. The third kappa shape index (κ3) is 6.61. The monoisotopic (exact) mass is 289 g/mol. The molecule has 1 N–H and O–H groups in total. The zero-order valence-electron chi connectivity index (χ0n) is 13.6. The van der Waals surface area contributed by atoms with Gasteiger partial charge in [-0.15, -0.1) is 0 Å². The molecule has 1 aromatic carbocycles. The summed E-state index contributed by atoms with van der Waals surface area (Å²) in [6.45, 7) is 8.93. The first kappa shape index (κ1) is 17.5. The normalized spacial score (nSPS) is 11.5. The van der Waals surface area contributed by atoms with E-state index in [1.165, 1.54) is 5.56 Å². The van der Waals surface area contributed by atoms with Gasteiger partial charge in [-0.25, -0.2) is 0 Å². The molecule has 0 aliphatic rings. The molecule has 0 atom stereocenters. The van der Waals surface area contributed by atoms with Crippen LogP contribution < -0.4 is 4.90 Å². The van der Waals surface area contributed by atoms with E-state index in [0.29, 0.717) is 13.0 Å². The summed E-state index contributed by atoms with van der Waals surface area (Å²) in [5, 5.41) is 18.5. The Hall–Kier alpha value is -1.57. The molecular formula is C17H27N3O. The van der Waals surface area contributed by atoms with Crippen molar-refractivity contribution in [1.29, 1.82) is 5.26 Å². The van der Waals surface area contributed by atoms with Crippen molar-refractivity contribution < 1.29 is 5.11 Å². The molecule has 0 saturated heterocycles. The molecule has 0 aromatic heterocycles. The standard InChI is InChI=1S/C17H27N3O/c1-5-20(14-17(2,3)21)13-15-7-9-16(10-8-15)19(4)12-6-11-18/h7-10,21H,5-6,12-14H2,1-4H3. The van der Waals surface area contributed by atoms with Crippen LogP contribution in [0.2, 0.25) is 0 Å². The van der Waals surface area contributed by atoms with E-state index in [1.807, 2.05) is 20.9 Å². The van der Waals surface area contributed by atoms with Gasteiger partial charge in [0, 0.05) is 32.4 Å². The van der Waals surface area contributed by atoms with Crippen LogP contribution in [-0.4, -0.2) is 42.3 Å². The molecule has 0 saturated carbocycles. The number of anilines is 1. The second-order valence-electron chi connectivity index (χ2n) is 6.11. The number of benzene rings is 1. The summed E-state index contributed by atoms with van der Waals surface area (Å²) >= 11 is 0. The van der Waals surface area contributed by atoms with Gasteiger partial charge >= 0.3 is 0 Å². The Morgan fingerprint density at radius 2 is 1.86 bits per heavy atom. The first-order valence-corrected chi connectivity index (χ1v) is 7.47. The SMILES string of the molecule is CCN(Cc1ccc(N(C)CCC#N)cc1)CC(C)(C)O. The summed E-state index contributed by atoms with van der Waals surface area (Å²) in [6.07, 6.45) is 0.535. The topological polar surface area (TPSA) is 50.5 Å². The Kier molecular flexibility index (Phi) is 6.67. The van der Waals surface area contributed by atoms with E-state index in [-0.39, 0.29) is 0 Å². The van der Waals surface area contributed by atoms with Crippen LogP contribution in [0.3, 0.4) is 0 Å². The lowest BCUT2D eigenvalue weighted by Crippen LogP contribution is -2.38. The van der Waals surface area contributed by atoms with Crippen LogP contribution in [0.25, 0.3) is 0 Å². The van der Waals surface area contributed by atoms with Gasteiger partial charge in [0.25, 0.3) is 0 Å². The minimum Gasteiger partial charge on any atom is -0.389 e. The first-order chi connectivity index (χ1) is 9.85. The molecule has 1 rings (SSSR count). The summed E-state index contributed by atoms with van der Waals surface area (Å²) < 4.78 is 0. The highest BCUT2D eigenvalue weighted by molar-refractivity contribution is 5.46. The van der Waals surface area contributed by atoms with Gasteiger partial charge in [0.05, 0.1) is 18.1 Å². The van der Waals surface area contributed by atoms with Gasteiger partial charge in [0.15, 0.2) is 0 Å². The third-order valence-electron chi connectivity index (χ3n) is 3.40. The minimum absolute atomic E-state index is 0.535. The molecule has 4 heteroatoms. The Bertz CT molecular complexity index is 456. The highest BCUT2D eigenvalue weighted by Gasteiger charge is 2.17. The van der Waals surface area contributed by atoms with Crippen molar-refractivity contribution >= 4 is 5.69 Å². The van der Waals surface area contributed by atoms with E-state index in [2.05, 4.69) is 47.1 Å². The van der Waals surface area contributed by atoms with Crippen LogP contribution in [0.15, 0.2) is 24.3 Å². The fraction of sp³-hybridized carbons (Fsp3) is 0.588. The van der Waals surface area contributed by atoms with Crippen LogP contribution >= 0.6 is 0 Å². The molecule has 0 unspecified atom stereocenters. The van der Waals surface area contributed by atoms with Gasteiger partial charge in [-0.3, -0.25) is 4.90 Å². The zero-order chi connectivity index (χ0) is 15.9. The van der Waals surface area contributed by atoms with Crippen LogP contribution in [0.1, 0.15) is 32.8 Å². The van der Waals surface area contributed by atoms with E-state index in [9.17, 15) is 5.11 Å². The summed E-state index contributed by atoms with van der Waals surface area (Å²) in [7, 11) is 2.00. The summed E-state index contributed by atoms with van der Waals surface area (Å²) in [6, 6.07) is 10.6. The van der Waals surface area contributed by atoms with E-state index < -0.39 is 5.60 Å². The fourth-order valence-electron chi connectivity index (χ4n) is 2.29. The molecule has 0 fully saturated rings. The van der Waals surface area contributed by atoms with Gasteiger partial charge in [-0.1, -0.05) is 19.1 Å². The maximum absolute atomic E-state index is 9.92. The summed E-state index contributed by atoms with van der Waals surface area (Å²) in [5.74, 6) is 0. The van der Waals surface area contributed by atoms with Gasteiger partial charge in [-0.05, 0) is 38.1 Å². The van der Waals surface area contributed by atoms with Crippen LogP contribution in [0, 0.1) is 11.3 Å². The maximum atomic E-state index is 9.92. The lowest BCUT2D eigenvalue weighted by molar-refractivity contribution is 0.0353. The Morgan fingerprint density at radius 1 is 1.24 bits per heavy atom. The lowest BCUT2D eigenvalue weighted by atomic mass is 10.1. The Balaban J connectivity index is 2.63. The Morgan fingerprint density at radius 3 is 2.33 bits per heavy atom. The molecule has 0 radical (unpaired) electrons. The molecule has 21 heavy (non-hydrogen) atoms. The molecule has 116 valence electrons. The molecule has 1 aromatic rings. The van der Waals surface area contributed by atoms with E-state index in [0.717, 1.165) is 25.3 Å². The average molecular weight is 289 g/mol. The van der Waals surface area contributed by atoms with Crippen molar-refractivity contribution in [3.63, 3.8) is 0 Å². The van der Waals surface area contributed by atoms with E-state index >= 15 is 0 Å². The van der Waals surface area contributed by atoms with Crippen LogP contribution in [0.5, 0.6) is 0 Å². The highest BCUT2D eigenvalue weighted by atomic mass is 16.3. The zero-order valence-corrected chi connectivity index (χ0v) is 13.6. The first-order valence-electron chi connectivity index (χ1n) is 7.47. The van der Waals surface area contributed by atoms with Crippen molar-refractivity contribution in [2.24, 2.45) is 0 Å². The predicted octanol–water partition coefficient (Wildman–Crippen LogP) is 2.63. The van der Waals surface area contributed by atoms with Crippen molar-refractivity contribution in [3.8, 4) is 6.07 Å². The molecule has 0 aliphatic carbocycles. The quantitative estimate of drug-likeness (QED) is 0.799. The van der Waals surface area contributed by atoms with Crippen molar-refractivity contribution in [2.75, 3.05) is 31.6 Å². The number of hydrogen-bond acceptors (Lipinski definition) is 4. The number of nitriles is 1. The van der Waals surface area contributed by atoms with Crippen LogP contribution in [0.4, 0.5) is 5.69 Å². The summed E-state index contributed by atoms with van der Waals surface area (Å²) in [5.41, 5.74) is 1.69. The highest BCUT2D eigenvalue weighted by Crippen LogP contribution is 2.16. The second kappa shape index (κ2) is 8.02. The van der Waals surface area contributed by atoms with Gasteiger partial charge < -0.3 is 10.0 Å². The van der Waals surface area contributed by atoms with Crippen molar-refractivity contribution in [2.45, 2.75) is 39.3 Å². The maximum Gasteiger partial charge on any atom is 0.0718 e. The number of nitrogens with zero attached hydrogens (tertiary/aromatic N) is 3. The number of aliphatic hydroxyl groups is 1. The molecular weight excluding hydrogens is 262 g/mol. The number of rotatable bonds is 8. The van der Waals surface area contributed by atoms with Crippen molar-refractivity contribution in [1.82, 2.24) is 4.90 Å². The summed E-state index contributed by atoms with van der Waals surface area (Å²) in [4.78, 5) is 4.32. The van der Waals surface area contributed by atoms with Gasteiger partial charge in [-0.2, -0.15) is 5.26 Å².